The van der Waals surface area contributed by atoms with Crippen LogP contribution in [0.4, 0.5) is 0 Å². The Hall–Kier alpha value is -1.63. The molecule has 1 atom stereocenters. The van der Waals surface area contributed by atoms with Gasteiger partial charge in [-0.05, 0) is 12.0 Å². The average molecular weight is 284 g/mol. The Balaban J connectivity index is 1.86. The number of methoxy groups -OCH3 is 1. The summed E-state index contributed by atoms with van der Waals surface area (Å²) >= 11 is 0. The molecule has 1 amide bonds. The van der Waals surface area contributed by atoms with Gasteiger partial charge in [0.1, 0.15) is 0 Å². The minimum Gasteiger partial charge on any atom is -0.481 e. The Morgan fingerprint density at radius 1 is 1.53 bits per heavy atom. The molecule has 6 nitrogen and oxygen atoms in total. The monoisotopic (exact) mass is 284 g/mol. The van der Waals surface area contributed by atoms with Gasteiger partial charge >= 0.3 is 0 Å². The summed E-state index contributed by atoms with van der Waals surface area (Å²) in [5, 5.41) is 2.73. The van der Waals surface area contributed by atoms with Crippen molar-refractivity contribution in [3.05, 3.63) is 23.9 Å². The summed E-state index contributed by atoms with van der Waals surface area (Å²) in [6, 6.07) is 3.51. The van der Waals surface area contributed by atoms with Gasteiger partial charge in [0, 0.05) is 18.8 Å². The fourth-order valence-electron chi connectivity index (χ4n) is 1.97. The summed E-state index contributed by atoms with van der Waals surface area (Å²) in [7, 11) is -1.49. The van der Waals surface area contributed by atoms with Crippen molar-refractivity contribution >= 4 is 15.7 Å². The van der Waals surface area contributed by atoms with Gasteiger partial charge in [0.2, 0.25) is 11.8 Å². The third kappa shape index (κ3) is 3.66. The number of hydrogen-bond acceptors (Lipinski definition) is 5. The van der Waals surface area contributed by atoms with Crippen LogP contribution in [-0.4, -0.2) is 37.9 Å². The molecular formula is C12H16N2O4S. The molecule has 7 heteroatoms. The number of nitrogens with one attached hydrogen (secondary N) is 1. The van der Waals surface area contributed by atoms with Crippen molar-refractivity contribution in [1.82, 2.24) is 10.3 Å². The maximum absolute atomic E-state index is 11.8. The molecule has 0 radical (unpaired) electrons. The smallest absolute Gasteiger partial charge is 0.224 e. The number of aromatic nitrogens is 1. The van der Waals surface area contributed by atoms with Crippen LogP contribution in [0.5, 0.6) is 5.88 Å². The molecule has 0 aromatic carbocycles. The molecule has 1 unspecified atom stereocenters. The summed E-state index contributed by atoms with van der Waals surface area (Å²) in [5.74, 6) is -0.0560. The van der Waals surface area contributed by atoms with Crippen molar-refractivity contribution in [2.45, 2.75) is 13.0 Å². The molecule has 104 valence electrons. The first-order valence-corrected chi connectivity index (χ1v) is 7.79. The molecule has 19 heavy (non-hydrogen) atoms. The zero-order chi connectivity index (χ0) is 13.9. The van der Waals surface area contributed by atoms with Crippen LogP contribution >= 0.6 is 0 Å². The van der Waals surface area contributed by atoms with E-state index in [2.05, 4.69) is 10.3 Å². The molecular weight excluding hydrogens is 268 g/mol. The number of rotatable bonds is 4. The van der Waals surface area contributed by atoms with Gasteiger partial charge in [-0.1, -0.05) is 6.07 Å². The maximum Gasteiger partial charge on any atom is 0.224 e. The van der Waals surface area contributed by atoms with Gasteiger partial charge in [-0.3, -0.25) is 4.79 Å². The first kappa shape index (κ1) is 13.8. The Morgan fingerprint density at radius 2 is 2.32 bits per heavy atom. The summed E-state index contributed by atoms with van der Waals surface area (Å²) in [4.78, 5) is 15.8. The molecule has 1 fully saturated rings. The topological polar surface area (TPSA) is 85.4 Å². The van der Waals surface area contributed by atoms with Gasteiger partial charge in [-0.25, -0.2) is 13.4 Å². The first-order chi connectivity index (χ1) is 9.00. The van der Waals surface area contributed by atoms with Crippen LogP contribution in [0, 0.1) is 5.92 Å². The molecule has 1 aromatic rings. The van der Waals surface area contributed by atoms with E-state index in [0.29, 0.717) is 18.8 Å². The molecule has 1 aliphatic rings. The summed E-state index contributed by atoms with van der Waals surface area (Å²) < 4.78 is 27.5. The molecule has 0 saturated carbocycles. The van der Waals surface area contributed by atoms with Crippen molar-refractivity contribution < 1.29 is 17.9 Å². The largest absolute Gasteiger partial charge is 0.481 e. The van der Waals surface area contributed by atoms with Gasteiger partial charge < -0.3 is 10.1 Å². The maximum atomic E-state index is 11.8. The lowest BCUT2D eigenvalue weighted by atomic mass is 10.1. The summed E-state index contributed by atoms with van der Waals surface area (Å²) in [5.41, 5.74) is 0.843. The van der Waals surface area contributed by atoms with E-state index in [1.807, 2.05) is 0 Å². The van der Waals surface area contributed by atoms with Crippen LogP contribution in [0.1, 0.15) is 12.0 Å². The van der Waals surface area contributed by atoms with Crippen molar-refractivity contribution in [3.8, 4) is 5.88 Å². The van der Waals surface area contributed by atoms with Crippen molar-refractivity contribution in [2.24, 2.45) is 5.92 Å². The van der Waals surface area contributed by atoms with E-state index in [9.17, 15) is 13.2 Å². The highest BCUT2D eigenvalue weighted by Crippen LogP contribution is 2.18. The zero-order valence-electron chi connectivity index (χ0n) is 10.6. The molecule has 1 aromatic heterocycles. The minimum atomic E-state index is -3.02. The molecule has 1 saturated heterocycles. The molecule has 0 aliphatic carbocycles. The number of carbonyl (C=O) groups is 1. The normalized spacial score (nSPS) is 21.0. The van der Waals surface area contributed by atoms with Gasteiger partial charge in [-0.15, -0.1) is 0 Å². The number of sulfone groups is 1. The fourth-order valence-corrected chi connectivity index (χ4v) is 3.71. The Morgan fingerprint density at radius 3 is 2.84 bits per heavy atom. The average Bonchev–Trinajstić information content (AvgIpc) is 2.77. The third-order valence-electron chi connectivity index (χ3n) is 3.08. The molecule has 0 spiro atoms. The molecule has 0 bridgehead atoms. The minimum absolute atomic E-state index is 0.0420. The van der Waals surface area contributed by atoms with Crippen LogP contribution in [0.2, 0.25) is 0 Å². The second-order valence-electron chi connectivity index (χ2n) is 4.53. The van der Waals surface area contributed by atoms with Gasteiger partial charge in [-0.2, -0.15) is 0 Å². The van der Waals surface area contributed by atoms with Crippen LogP contribution < -0.4 is 10.1 Å². The van der Waals surface area contributed by atoms with Crippen molar-refractivity contribution in [1.29, 1.82) is 0 Å². The molecule has 1 N–H and O–H groups in total. The Kier molecular flexibility index (Phi) is 4.04. The second kappa shape index (κ2) is 5.56. The Labute approximate surface area is 112 Å². The van der Waals surface area contributed by atoms with Gasteiger partial charge in [0.25, 0.3) is 0 Å². The zero-order valence-corrected chi connectivity index (χ0v) is 11.4. The second-order valence-corrected chi connectivity index (χ2v) is 6.76. The lowest BCUT2D eigenvalue weighted by molar-refractivity contribution is -0.124. The van der Waals surface area contributed by atoms with Crippen molar-refractivity contribution in [3.63, 3.8) is 0 Å². The van der Waals surface area contributed by atoms with E-state index in [1.165, 1.54) is 7.11 Å². The highest BCUT2D eigenvalue weighted by molar-refractivity contribution is 7.91. The van der Waals surface area contributed by atoms with E-state index in [4.69, 9.17) is 4.74 Å². The van der Waals surface area contributed by atoms with E-state index < -0.39 is 15.8 Å². The number of pyridine rings is 1. The SMILES string of the molecule is COc1ccc(CNC(=O)C2CCS(=O)(=O)C2)cn1. The van der Waals surface area contributed by atoms with E-state index >= 15 is 0 Å². The number of amides is 1. The third-order valence-corrected chi connectivity index (χ3v) is 4.84. The number of ether oxygens (including phenoxy) is 1. The predicted octanol–water partition coefficient (Wildman–Crippen LogP) is 0.141. The molecule has 1 aliphatic heterocycles. The summed E-state index contributed by atoms with van der Waals surface area (Å²) in [6.45, 7) is 0.340. The lowest BCUT2D eigenvalue weighted by Gasteiger charge is -2.09. The molecule has 2 rings (SSSR count). The number of carbonyl (C=O) groups excluding carboxylic acids is 1. The predicted molar refractivity (Wildman–Crippen MR) is 69.4 cm³/mol. The number of hydrogen-bond donors (Lipinski definition) is 1. The first-order valence-electron chi connectivity index (χ1n) is 5.97. The quantitative estimate of drug-likeness (QED) is 0.850. The van der Waals surface area contributed by atoms with Crippen LogP contribution in [-0.2, 0) is 21.2 Å². The Bertz CT molecular complexity index is 554. The van der Waals surface area contributed by atoms with Crippen LogP contribution in [0.15, 0.2) is 18.3 Å². The van der Waals surface area contributed by atoms with E-state index in [1.54, 1.807) is 18.3 Å². The lowest BCUT2D eigenvalue weighted by Crippen LogP contribution is -2.30. The standard InChI is InChI=1S/C12H16N2O4S/c1-18-11-3-2-9(6-13-11)7-14-12(15)10-4-5-19(16,17)8-10/h2-3,6,10H,4-5,7-8H2,1H3,(H,14,15). The van der Waals surface area contributed by atoms with Crippen LogP contribution in [0.3, 0.4) is 0 Å². The van der Waals surface area contributed by atoms with Crippen LogP contribution in [0.25, 0.3) is 0 Å². The van der Waals surface area contributed by atoms with Crippen molar-refractivity contribution in [2.75, 3.05) is 18.6 Å². The summed E-state index contributed by atoms with van der Waals surface area (Å²) in [6.07, 6.45) is 2.03. The molecule has 2 heterocycles. The van der Waals surface area contributed by atoms with E-state index in [0.717, 1.165) is 5.56 Å². The highest BCUT2D eigenvalue weighted by Gasteiger charge is 2.32. The number of nitrogens with zero attached hydrogens (tertiary/aromatic N) is 1. The highest BCUT2D eigenvalue weighted by atomic mass is 32.2. The van der Waals surface area contributed by atoms with Gasteiger partial charge in [0.05, 0.1) is 24.5 Å². The fraction of sp³-hybridized carbons (Fsp3) is 0.500. The van der Waals surface area contributed by atoms with E-state index in [-0.39, 0.29) is 17.4 Å². The van der Waals surface area contributed by atoms with Gasteiger partial charge in [0.15, 0.2) is 9.84 Å².